The van der Waals surface area contributed by atoms with Crippen molar-refractivity contribution in [1.29, 1.82) is 0 Å². The maximum atomic E-state index is 11.3. The monoisotopic (exact) mass is 281 g/mol. The highest BCUT2D eigenvalue weighted by Gasteiger charge is 2.20. The molecule has 6 nitrogen and oxygen atoms in total. The number of aromatic nitrogens is 2. The minimum absolute atomic E-state index is 0.173. The Bertz CT molecular complexity index is 427. The minimum atomic E-state index is -0.173. The molecule has 2 rings (SSSR count). The smallest absolute Gasteiger partial charge is 0.306 e. The molecule has 0 aromatic carbocycles. The fourth-order valence-corrected chi connectivity index (χ4v) is 2.47. The lowest BCUT2D eigenvalue weighted by atomic mass is 10.2. The van der Waals surface area contributed by atoms with Crippen molar-refractivity contribution < 1.29 is 14.3 Å². The van der Waals surface area contributed by atoms with Gasteiger partial charge in [0.25, 0.3) is 0 Å². The average Bonchev–Trinajstić information content (AvgIpc) is 3.07. The van der Waals surface area contributed by atoms with E-state index in [1.165, 1.54) is 7.11 Å². The molecule has 0 saturated carbocycles. The van der Waals surface area contributed by atoms with Crippen molar-refractivity contribution in [3.63, 3.8) is 0 Å². The SMILES string of the molecule is COC(=O)CCN(Cc1cnn(C)c1)CC1CCCO1. The van der Waals surface area contributed by atoms with Crippen LogP contribution in [0.25, 0.3) is 0 Å². The zero-order valence-corrected chi connectivity index (χ0v) is 12.2. The van der Waals surface area contributed by atoms with Gasteiger partial charge in [0.05, 0.1) is 25.8 Å². The van der Waals surface area contributed by atoms with Gasteiger partial charge in [0.1, 0.15) is 0 Å². The number of ether oxygens (including phenoxy) is 2. The quantitative estimate of drug-likeness (QED) is 0.697. The first-order chi connectivity index (χ1) is 9.67. The Labute approximate surface area is 119 Å². The number of aryl methyl sites for hydroxylation is 1. The van der Waals surface area contributed by atoms with E-state index in [1.807, 2.05) is 19.4 Å². The summed E-state index contributed by atoms with van der Waals surface area (Å²) in [7, 11) is 3.33. The van der Waals surface area contributed by atoms with Crippen LogP contribution in [0, 0.1) is 0 Å². The van der Waals surface area contributed by atoms with Crippen molar-refractivity contribution in [1.82, 2.24) is 14.7 Å². The lowest BCUT2D eigenvalue weighted by Gasteiger charge is -2.24. The Morgan fingerprint density at radius 2 is 2.50 bits per heavy atom. The molecule has 20 heavy (non-hydrogen) atoms. The van der Waals surface area contributed by atoms with E-state index in [2.05, 4.69) is 10.00 Å². The summed E-state index contributed by atoms with van der Waals surface area (Å²) in [5.74, 6) is -0.173. The molecule has 1 aliphatic rings. The first-order valence-corrected chi connectivity index (χ1v) is 7.05. The van der Waals surface area contributed by atoms with Gasteiger partial charge in [-0.15, -0.1) is 0 Å². The molecule has 2 heterocycles. The summed E-state index contributed by atoms with van der Waals surface area (Å²) in [6.45, 7) is 3.17. The number of rotatable bonds is 7. The highest BCUT2D eigenvalue weighted by atomic mass is 16.5. The van der Waals surface area contributed by atoms with E-state index in [-0.39, 0.29) is 12.1 Å². The van der Waals surface area contributed by atoms with Crippen molar-refractivity contribution in [2.75, 3.05) is 26.8 Å². The van der Waals surface area contributed by atoms with Crippen LogP contribution >= 0.6 is 0 Å². The Kier molecular flexibility index (Phi) is 5.55. The van der Waals surface area contributed by atoms with Crippen LogP contribution in [0.2, 0.25) is 0 Å². The zero-order valence-electron chi connectivity index (χ0n) is 12.2. The van der Waals surface area contributed by atoms with Crippen LogP contribution in [0.1, 0.15) is 24.8 Å². The van der Waals surface area contributed by atoms with E-state index < -0.39 is 0 Å². The number of carbonyl (C=O) groups is 1. The van der Waals surface area contributed by atoms with Gasteiger partial charge in [0.15, 0.2) is 0 Å². The molecule has 0 radical (unpaired) electrons. The van der Waals surface area contributed by atoms with Crippen LogP contribution in [0.15, 0.2) is 12.4 Å². The van der Waals surface area contributed by atoms with E-state index >= 15 is 0 Å². The lowest BCUT2D eigenvalue weighted by Crippen LogP contribution is -2.33. The van der Waals surface area contributed by atoms with E-state index in [0.29, 0.717) is 13.0 Å². The second-order valence-corrected chi connectivity index (χ2v) is 5.22. The maximum absolute atomic E-state index is 11.3. The summed E-state index contributed by atoms with van der Waals surface area (Å²) in [6, 6.07) is 0. The van der Waals surface area contributed by atoms with Crippen molar-refractivity contribution >= 4 is 5.97 Å². The van der Waals surface area contributed by atoms with E-state index in [0.717, 1.165) is 38.1 Å². The van der Waals surface area contributed by atoms with Crippen LogP contribution in [0.5, 0.6) is 0 Å². The number of carbonyl (C=O) groups excluding carboxylic acids is 1. The molecule has 1 fully saturated rings. The van der Waals surface area contributed by atoms with Gasteiger partial charge in [-0.3, -0.25) is 14.4 Å². The fraction of sp³-hybridized carbons (Fsp3) is 0.714. The molecule has 1 aromatic heterocycles. The molecule has 1 saturated heterocycles. The minimum Gasteiger partial charge on any atom is -0.469 e. The number of hydrogen-bond acceptors (Lipinski definition) is 5. The Morgan fingerprint density at radius 1 is 1.65 bits per heavy atom. The molecular formula is C14H23N3O3. The van der Waals surface area contributed by atoms with Crippen molar-refractivity contribution in [2.24, 2.45) is 7.05 Å². The number of nitrogens with zero attached hydrogens (tertiary/aromatic N) is 3. The summed E-state index contributed by atoms with van der Waals surface area (Å²) in [5, 5.41) is 4.18. The van der Waals surface area contributed by atoms with Crippen LogP contribution in [0.4, 0.5) is 0 Å². The number of esters is 1. The van der Waals surface area contributed by atoms with Gasteiger partial charge < -0.3 is 9.47 Å². The lowest BCUT2D eigenvalue weighted by molar-refractivity contribution is -0.141. The third-order valence-electron chi connectivity index (χ3n) is 3.51. The van der Waals surface area contributed by atoms with Crippen LogP contribution in [0.3, 0.4) is 0 Å². The molecule has 0 aliphatic carbocycles. The normalized spacial score (nSPS) is 18.6. The summed E-state index contributed by atoms with van der Waals surface area (Å²) in [4.78, 5) is 13.6. The average molecular weight is 281 g/mol. The van der Waals surface area contributed by atoms with Gasteiger partial charge in [-0.05, 0) is 12.8 Å². The molecule has 6 heteroatoms. The number of hydrogen-bond donors (Lipinski definition) is 0. The molecule has 0 N–H and O–H groups in total. The highest BCUT2D eigenvalue weighted by molar-refractivity contribution is 5.69. The third-order valence-corrected chi connectivity index (χ3v) is 3.51. The second-order valence-electron chi connectivity index (χ2n) is 5.22. The molecular weight excluding hydrogens is 258 g/mol. The Morgan fingerprint density at radius 3 is 3.10 bits per heavy atom. The summed E-state index contributed by atoms with van der Waals surface area (Å²) < 4.78 is 12.2. The third kappa shape index (κ3) is 4.61. The predicted molar refractivity (Wildman–Crippen MR) is 74.1 cm³/mol. The summed E-state index contributed by atoms with van der Waals surface area (Å²) >= 11 is 0. The first-order valence-electron chi connectivity index (χ1n) is 7.05. The van der Waals surface area contributed by atoms with Gasteiger partial charge >= 0.3 is 5.97 Å². The number of methoxy groups -OCH3 is 1. The van der Waals surface area contributed by atoms with Crippen molar-refractivity contribution in [2.45, 2.75) is 31.9 Å². The van der Waals surface area contributed by atoms with Crippen molar-refractivity contribution in [3.05, 3.63) is 18.0 Å². The first kappa shape index (κ1) is 15.0. The molecule has 1 aromatic rings. The van der Waals surface area contributed by atoms with Crippen molar-refractivity contribution in [3.8, 4) is 0 Å². The predicted octanol–water partition coefficient (Wildman–Crippen LogP) is 0.964. The topological polar surface area (TPSA) is 56.6 Å². The van der Waals surface area contributed by atoms with E-state index in [4.69, 9.17) is 9.47 Å². The van der Waals surface area contributed by atoms with Gasteiger partial charge in [-0.1, -0.05) is 0 Å². The van der Waals surface area contributed by atoms with Crippen LogP contribution in [-0.2, 0) is 27.9 Å². The van der Waals surface area contributed by atoms with Gasteiger partial charge in [-0.25, -0.2) is 0 Å². The molecule has 0 amide bonds. The van der Waals surface area contributed by atoms with Gasteiger partial charge in [-0.2, -0.15) is 5.10 Å². The standard InChI is InChI=1S/C14H23N3O3/c1-16-9-12(8-15-16)10-17(6-5-14(18)19-2)11-13-4-3-7-20-13/h8-9,13H,3-7,10-11H2,1-2H3. The van der Waals surface area contributed by atoms with Crippen LogP contribution < -0.4 is 0 Å². The molecule has 1 unspecified atom stereocenters. The molecule has 0 bridgehead atoms. The van der Waals surface area contributed by atoms with E-state index in [1.54, 1.807) is 4.68 Å². The largest absolute Gasteiger partial charge is 0.469 e. The zero-order chi connectivity index (χ0) is 14.4. The Hall–Kier alpha value is -1.40. The van der Waals surface area contributed by atoms with Gasteiger partial charge in [0, 0.05) is 45.0 Å². The maximum Gasteiger partial charge on any atom is 0.306 e. The highest BCUT2D eigenvalue weighted by Crippen LogP contribution is 2.15. The van der Waals surface area contributed by atoms with Crippen LogP contribution in [-0.4, -0.2) is 53.6 Å². The summed E-state index contributed by atoms with van der Waals surface area (Å²) in [6.07, 6.45) is 6.78. The Balaban J connectivity index is 1.89. The molecule has 1 aliphatic heterocycles. The fourth-order valence-electron chi connectivity index (χ4n) is 2.47. The molecule has 0 spiro atoms. The van der Waals surface area contributed by atoms with E-state index in [9.17, 15) is 4.79 Å². The van der Waals surface area contributed by atoms with Gasteiger partial charge in [0.2, 0.25) is 0 Å². The molecule has 112 valence electrons. The summed E-state index contributed by atoms with van der Waals surface area (Å²) in [5.41, 5.74) is 1.15. The molecule has 1 atom stereocenters. The second kappa shape index (κ2) is 7.40.